The van der Waals surface area contributed by atoms with E-state index in [9.17, 15) is 4.79 Å². The van der Waals surface area contributed by atoms with E-state index in [1.807, 2.05) is 71.4 Å². The second-order valence-electron chi connectivity index (χ2n) is 8.56. The molecule has 5 heteroatoms. The van der Waals surface area contributed by atoms with Crippen LogP contribution >= 0.6 is 0 Å². The van der Waals surface area contributed by atoms with Crippen molar-refractivity contribution in [3.8, 4) is 11.3 Å². The van der Waals surface area contributed by atoms with Gasteiger partial charge in [-0.15, -0.1) is 0 Å². The Balaban J connectivity index is 1.41. The van der Waals surface area contributed by atoms with E-state index in [-0.39, 0.29) is 5.91 Å². The van der Waals surface area contributed by atoms with Gasteiger partial charge in [-0.2, -0.15) is 5.10 Å². The van der Waals surface area contributed by atoms with Crippen LogP contribution in [0.15, 0.2) is 97.2 Å². The summed E-state index contributed by atoms with van der Waals surface area (Å²) in [5, 5.41) is 11.6. The minimum absolute atomic E-state index is 0.0293. The number of amides is 1. The van der Waals surface area contributed by atoms with Crippen molar-refractivity contribution in [2.45, 2.75) is 38.0 Å². The van der Waals surface area contributed by atoms with Crippen LogP contribution in [0.25, 0.3) is 11.3 Å². The summed E-state index contributed by atoms with van der Waals surface area (Å²) in [5.74, 6) is 0.0293. The third kappa shape index (κ3) is 5.38. The molecule has 0 radical (unpaired) electrons. The van der Waals surface area contributed by atoms with Crippen LogP contribution in [0.3, 0.4) is 0 Å². The van der Waals surface area contributed by atoms with Gasteiger partial charge < -0.3 is 5.32 Å². The Morgan fingerprint density at radius 3 is 2.21 bits per heavy atom. The van der Waals surface area contributed by atoms with Gasteiger partial charge in [-0.1, -0.05) is 91.0 Å². The Bertz CT molecular complexity index is 1180. The predicted octanol–water partition coefficient (Wildman–Crippen LogP) is 4.71. The molecule has 166 valence electrons. The molecule has 3 aromatic carbocycles. The van der Waals surface area contributed by atoms with Gasteiger partial charge in [0.15, 0.2) is 0 Å². The first-order valence-corrected chi connectivity index (χ1v) is 11.5. The highest BCUT2D eigenvalue weighted by Crippen LogP contribution is 2.25. The monoisotopic (exact) mass is 436 g/mol. The van der Waals surface area contributed by atoms with E-state index in [0.717, 1.165) is 35.2 Å². The summed E-state index contributed by atoms with van der Waals surface area (Å²) in [6.07, 6.45) is 4.22. The standard InChI is InChI=1S/C28H28N4O/c33-28(30-25-16-17-25)27(23-14-8-3-9-15-23)29-18-24-20-32(19-21-10-4-1-5-11-21)31-26(24)22-12-6-2-7-13-22/h1-15,20,25,27,29H,16-19H2,(H,30,33)/t27-/m1/s1. The lowest BCUT2D eigenvalue weighted by Crippen LogP contribution is -2.38. The minimum atomic E-state index is -0.409. The topological polar surface area (TPSA) is 59.0 Å². The highest BCUT2D eigenvalue weighted by molar-refractivity contribution is 5.83. The fourth-order valence-corrected chi connectivity index (χ4v) is 4.01. The Morgan fingerprint density at radius 2 is 1.55 bits per heavy atom. The van der Waals surface area contributed by atoms with Gasteiger partial charge in [0.05, 0.1) is 12.2 Å². The summed E-state index contributed by atoms with van der Waals surface area (Å²) in [6, 6.07) is 30.4. The molecule has 0 aliphatic heterocycles. The molecule has 0 spiro atoms. The largest absolute Gasteiger partial charge is 0.352 e. The van der Waals surface area contributed by atoms with E-state index in [1.165, 1.54) is 5.56 Å². The first kappa shape index (κ1) is 21.2. The van der Waals surface area contributed by atoms with E-state index in [0.29, 0.717) is 19.1 Å². The van der Waals surface area contributed by atoms with Crippen molar-refractivity contribution in [2.24, 2.45) is 0 Å². The highest BCUT2D eigenvalue weighted by atomic mass is 16.2. The Hall–Kier alpha value is -3.70. The molecule has 1 heterocycles. The van der Waals surface area contributed by atoms with Crippen LogP contribution in [0.2, 0.25) is 0 Å². The van der Waals surface area contributed by atoms with Crippen LogP contribution in [0.5, 0.6) is 0 Å². The number of nitrogens with one attached hydrogen (secondary N) is 2. The summed E-state index contributed by atoms with van der Waals surface area (Å²) in [7, 11) is 0. The van der Waals surface area contributed by atoms with Gasteiger partial charge in [0.25, 0.3) is 0 Å². The van der Waals surface area contributed by atoms with Gasteiger partial charge in [-0.25, -0.2) is 0 Å². The molecule has 1 aliphatic carbocycles. The van der Waals surface area contributed by atoms with Crippen molar-refractivity contribution in [3.63, 3.8) is 0 Å². The smallest absolute Gasteiger partial charge is 0.241 e. The number of nitrogens with zero attached hydrogens (tertiary/aromatic N) is 2. The molecule has 5 nitrogen and oxygen atoms in total. The molecule has 1 saturated carbocycles. The Labute approximate surface area is 194 Å². The van der Waals surface area contributed by atoms with Gasteiger partial charge in [0.2, 0.25) is 5.91 Å². The number of aromatic nitrogens is 2. The summed E-state index contributed by atoms with van der Waals surface area (Å²) < 4.78 is 1.98. The van der Waals surface area contributed by atoms with Crippen molar-refractivity contribution in [1.29, 1.82) is 0 Å². The van der Waals surface area contributed by atoms with Gasteiger partial charge in [0.1, 0.15) is 6.04 Å². The van der Waals surface area contributed by atoms with Crippen LogP contribution in [-0.4, -0.2) is 21.7 Å². The van der Waals surface area contributed by atoms with Crippen molar-refractivity contribution < 1.29 is 4.79 Å². The number of benzene rings is 3. The first-order valence-electron chi connectivity index (χ1n) is 11.5. The lowest BCUT2D eigenvalue weighted by atomic mass is 10.0. The second-order valence-corrected chi connectivity index (χ2v) is 8.56. The van der Waals surface area contributed by atoms with Crippen LogP contribution in [0, 0.1) is 0 Å². The molecule has 1 fully saturated rings. The quantitative estimate of drug-likeness (QED) is 0.400. The minimum Gasteiger partial charge on any atom is -0.352 e. The third-order valence-corrected chi connectivity index (χ3v) is 5.89. The maximum absolute atomic E-state index is 13.0. The second kappa shape index (κ2) is 9.84. The highest BCUT2D eigenvalue weighted by Gasteiger charge is 2.28. The summed E-state index contributed by atoms with van der Waals surface area (Å²) in [4.78, 5) is 13.0. The molecule has 33 heavy (non-hydrogen) atoms. The lowest BCUT2D eigenvalue weighted by Gasteiger charge is -2.19. The molecule has 4 aromatic rings. The fraction of sp³-hybridized carbons (Fsp3) is 0.214. The maximum atomic E-state index is 13.0. The SMILES string of the molecule is O=C(NC1CC1)[C@H](NCc1cn(Cc2ccccc2)nc1-c1ccccc1)c1ccccc1. The zero-order valence-corrected chi connectivity index (χ0v) is 18.5. The van der Waals surface area contributed by atoms with Gasteiger partial charge in [0, 0.05) is 29.9 Å². The lowest BCUT2D eigenvalue weighted by molar-refractivity contribution is -0.123. The van der Waals surface area contributed by atoms with Gasteiger partial charge >= 0.3 is 0 Å². The zero-order chi connectivity index (χ0) is 22.5. The number of carbonyl (C=O) groups excluding carboxylic acids is 1. The van der Waals surface area contributed by atoms with Crippen LogP contribution in [-0.2, 0) is 17.9 Å². The summed E-state index contributed by atoms with van der Waals surface area (Å²) >= 11 is 0. The molecule has 1 amide bonds. The number of hydrogen-bond donors (Lipinski definition) is 2. The van der Waals surface area contributed by atoms with E-state index in [1.54, 1.807) is 0 Å². The Morgan fingerprint density at radius 1 is 0.909 bits per heavy atom. The van der Waals surface area contributed by atoms with Crippen molar-refractivity contribution >= 4 is 5.91 Å². The average molecular weight is 437 g/mol. The molecule has 0 unspecified atom stereocenters. The van der Waals surface area contributed by atoms with Crippen molar-refractivity contribution in [2.75, 3.05) is 0 Å². The van der Waals surface area contributed by atoms with Gasteiger partial charge in [-0.3, -0.25) is 14.8 Å². The third-order valence-electron chi connectivity index (χ3n) is 5.89. The molecule has 1 aliphatic rings. The van der Waals surface area contributed by atoms with E-state index in [4.69, 9.17) is 5.10 Å². The molecular formula is C28H28N4O. The number of hydrogen-bond acceptors (Lipinski definition) is 3. The predicted molar refractivity (Wildman–Crippen MR) is 130 cm³/mol. The molecule has 1 atom stereocenters. The van der Waals surface area contributed by atoms with Crippen LogP contribution < -0.4 is 10.6 Å². The van der Waals surface area contributed by atoms with Crippen molar-refractivity contribution in [3.05, 3.63) is 114 Å². The maximum Gasteiger partial charge on any atom is 0.241 e. The summed E-state index contributed by atoms with van der Waals surface area (Å²) in [5.41, 5.74) is 5.24. The average Bonchev–Trinajstić information content (AvgIpc) is 3.59. The number of rotatable bonds is 9. The summed E-state index contributed by atoms with van der Waals surface area (Å²) in [6.45, 7) is 1.24. The molecule has 0 bridgehead atoms. The van der Waals surface area contributed by atoms with E-state index in [2.05, 4.69) is 41.1 Å². The van der Waals surface area contributed by atoms with E-state index < -0.39 is 6.04 Å². The van der Waals surface area contributed by atoms with Crippen molar-refractivity contribution in [1.82, 2.24) is 20.4 Å². The van der Waals surface area contributed by atoms with E-state index >= 15 is 0 Å². The first-order chi connectivity index (χ1) is 16.3. The zero-order valence-electron chi connectivity index (χ0n) is 18.5. The Kier molecular flexibility index (Phi) is 6.31. The molecular weight excluding hydrogens is 408 g/mol. The fourth-order valence-electron chi connectivity index (χ4n) is 4.01. The normalized spacial score (nSPS) is 14.1. The number of carbonyl (C=O) groups is 1. The van der Waals surface area contributed by atoms with Crippen LogP contribution in [0.4, 0.5) is 0 Å². The van der Waals surface area contributed by atoms with Gasteiger partial charge in [-0.05, 0) is 24.0 Å². The molecule has 1 aromatic heterocycles. The molecule has 2 N–H and O–H groups in total. The van der Waals surface area contributed by atoms with Crippen LogP contribution in [0.1, 0.15) is 35.6 Å². The molecule has 0 saturated heterocycles. The molecule has 5 rings (SSSR count).